The Morgan fingerprint density at radius 2 is 1.38 bits per heavy atom. The zero-order valence-corrected chi connectivity index (χ0v) is 27.3. The number of halogens is 6. The smallest absolute Gasteiger partial charge is 0.416 e. The molecule has 1 aliphatic carbocycles. The van der Waals surface area contributed by atoms with Crippen molar-refractivity contribution in [2.45, 2.75) is 30.7 Å². The lowest BCUT2D eigenvalue weighted by Gasteiger charge is -2.30. The summed E-state index contributed by atoms with van der Waals surface area (Å²) in [4.78, 5) is 27.8. The number of rotatable bonds is 4. The van der Waals surface area contributed by atoms with Crippen LogP contribution in [-0.4, -0.2) is 47.3 Å². The van der Waals surface area contributed by atoms with Gasteiger partial charge in [-0.15, -0.1) is 0 Å². The number of hydrogen-bond acceptors (Lipinski definition) is 7. The third-order valence-electron chi connectivity index (χ3n) is 8.65. The number of pyridine rings is 3. The maximum atomic E-state index is 13.2. The van der Waals surface area contributed by atoms with E-state index in [1.807, 2.05) is 18.2 Å². The zero-order valence-electron chi connectivity index (χ0n) is 27.3. The summed E-state index contributed by atoms with van der Waals surface area (Å²) < 4.78 is 88.5. The second-order valence-corrected chi connectivity index (χ2v) is 12.2. The third-order valence-corrected chi connectivity index (χ3v) is 8.65. The largest absolute Gasteiger partial charge is 0.488 e. The first-order valence-electron chi connectivity index (χ1n) is 16.3. The highest BCUT2D eigenvalue weighted by atomic mass is 19.4. The van der Waals surface area contributed by atoms with Gasteiger partial charge in [0.1, 0.15) is 13.2 Å². The van der Waals surface area contributed by atoms with Crippen molar-refractivity contribution in [3.8, 4) is 34.0 Å². The Labute approximate surface area is 293 Å². The van der Waals surface area contributed by atoms with E-state index in [9.17, 15) is 31.1 Å². The van der Waals surface area contributed by atoms with Crippen LogP contribution in [-0.2, 0) is 17.9 Å². The number of carbonyl (C=O) groups excluding carboxylic acids is 1. The molecule has 2 aliphatic heterocycles. The predicted octanol–water partition coefficient (Wildman–Crippen LogP) is 8.33. The molecule has 15 heteroatoms. The van der Waals surface area contributed by atoms with Crippen molar-refractivity contribution in [1.29, 1.82) is 0 Å². The Hall–Kier alpha value is -5.86. The van der Waals surface area contributed by atoms with Gasteiger partial charge in [0.25, 0.3) is 0 Å². The molecule has 5 heterocycles. The number of ether oxygens (including phenoxy) is 2. The average Bonchev–Trinajstić information content (AvgIpc) is 3.94. The number of fused-ring (bicyclic) bond motifs is 2. The van der Waals surface area contributed by atoms with Crippen molar-refractivity contribution in [3.63, 3.8) is 0 Å². The topological polar surface area (TPSA) is 102 Å². The number of carbonyl (C=O) groups is 1. The molecule has 268 valence electrons. The van der Waals surface area contributed by atoms with E-state index in [-0.39, 0.29) is 18.4 Å². The van der Waals surface area contributed by atoms with Crippen LogP contribution in [0.25, 0.3) is 22.5 Å². The first-order chi connectivity index (χ1) is 24.9. The van der Waals surface area contributed by atoms with Gasteiger partial charge in [-0.3, -0.25) is 9.88 Å². The number of alkyl halides is 6. The molecule has 8 rings (SSSR count). The molecule has 0 saturated heterocycles. The average molecular weight is 721 g/mol. The summed E-state index contributed by atoms with van der Waals surface area (Å²) >= 11 is 0. The number of aromatic nitrogens is 3. The van der Waals surface area contributed by atoms with Crippen LogP contribution in [0.5, 0.6) is 11.5 Å². The molecular weight excluding hydrogens is 690 g/mol. The summed E-state index contributed by atoms with van der Waals surface area (Å²) in [6.45, 7) is 1.75. The van der Waals surface area contributed by atoms with Gasteiger partial charge in [0.05, 0.1) is 46.8 Å². The monoisotopic (exact) mass is 720 g/mol. The summed E-state index contributed by atoms with van der Waals surface area (Å²) in [7, 11) is 0. The van der Waals surface area contributed by atoms with E-state index in [0.717, 1.165) is 42.8 Å². The predicted molar refractivity (Wildman–Crippen MR) is 180 cm³/mol. The van der Waals surface area contributed by atoms with Gasteiger partial charge in [-0.05, 0) is 73.5 Å². The van der Waals surface area contributed by atoms with Gasteiger partial charge in [-0.25, -0.2) is 14.8 Å². The van der Waals surface area contributed by atoms with Gasteiger partial charge in [0.2, 0.25) is 0 Å². The number of amides is 2. The van der Waals surface area contributed by atoms with Gasteiger partial charge in [-0.2, -0.15) is 26.3 Å². The Morgan fingerprint density at radius 1 is 0.750 bits per heavy atom. The molecule has 0 bridgehead atoms. The second kappa shape index (κ2) is 13.7. The Morgan fingerprint density at radius 3 is 2.00 bits per heavy atom. The van der Waals surface area contributed by atoms with Crippen molar-refractivity contribution < 1.29 is 40.6 Å². The van der Waals surface area contributed by atoms with Gasteiger partial charge in [0.15, 0.2) is 23.1 Å². The molecule has 1 fully saturated rings. The molecule has 0 atom stereocenters. The molecule has 5 aromatic rings. The van der Waals surface area contributed by atoms with Gasteiger partial charge < -0.3 is 20.1 Å². The summed E-state index contributed by atoms with van der Waals surface area (Å²) in [5.74, 6) is 1.86. The van der Waals surface area contributed by atoms with E-state index in [1.54, 1.807) is 42.6 Å². The van der Waals surface area contributed by atoms with Crippen LogP contribution < -0.4 is 25.0 Å². The lowest BCUT2D eigenvalue weighted by Crippen LogP contribution is -2.48. The minimum Gasteiger partial charge on any atom is -0.488 e. The van der Waals surface area contributed by atoms with E-state index in [1.165, 1.54) is 17.0 Å². The molecule has 0 spiro atoms. The van der Waals surface area contributed by atoms with E-state index in [0.29, 0.717) is 59.6 Å². The van der Waals surface area contributed by atoms with Gasteiger partial charge >= 0.3 is 18.4 Å². The van der Waals surface area contributed by atoms with Crippen LogP contribution >= 0.6 is 0 Å². The van der Waals surface area contributed by atoms with E-state index < -0.39 is 29.0 Å². The number of urea groups is 1. The normalized spacial score (nSPS) is 15.7. The lowest BCUT2D eigenvalue weighted by atomic mass is 10.1. The van der Waals surface area contributed by atoms with Crippen LogP contribution in [0.1, 0.15) is 29.7 Å². The highest BCUT2D eigenvalue weighted by Crippen LogP contribution is 2.45. The molecule has 3 aromatic heterocycles. The van der Waals surface area contributed by atoms with Crippen molar-refractivity contribution in [1.82, 2.24) is 20.3 Å². The number of benzene rings is 2. The van der Waals surface area contributed by atoms with Crippen molar-refractivity contribution in [3.05, 3.63) is 114 Å². The molecule has 2 N–H and O–H groups in total. The van der Waals surface area contributed by atoms with E-state index in [2.05, 4.69) is 25.6 Å². The van der Waals surface area contributed by atoms with Crippen LogP contribution in [0.4, 0.5) is 42.8 Å². The number of hydrogen-bond donors (Lipinski definition) is 2. The lowest BCUT2D eigenvalue weighted by molar-refractivity contribution is -0.138. The molecule has 3 aliphatic rings. The number of anilines is 2. The molecule has 0 unspecified atom stereocenters. The summed E-state index contributed by atoms with van der Waals surface area (Å²) in [6, 6.07) is 21.9. The molecule has 1 saturated carbocycles. The van der Waals surface area contributed by atoms with Crippen molar-refractivity contribution in [2.75, 3.05) is 36.5 Å². The van der Waals surface area contributed by atoms with Crippen LogP contribution in [0.2, 0.25) is 0 Å². The fourth-order valence-corrected chi connectivity index (χ4v) is 5.83. The van der Waals surface area contributed by atoms with Crippen molar-refractivity contribution >= 4 is 17.7 Å². The van der Waals surface area contributed by atoms with Gasteiger partial charge in [0, 0.05) is 17.3 Å². The standard InChI is InChI=1S/C23H19F3N4O2.C14H11F3N2O/c24-23(25,26)16-5-3-4-15(14-16)17-7-8-18-20(28-17)30(12-13-32-18)21(31)29-22(9-10-22)19-6-1-2-11-27-19;15-14(16,17)10-3-1-2-9(8-10)11-4-5-12-13(19-11)18-6-7-20-12/h1-8,11,14H,9-10,12-13H2,(H,29,31);1-5,8H,6-7H2,(H,18,19). The zero-order chi connectivity index (χ0) is 36.5. The van der Waals surface area contributed by atoms with Crippen LogP contribution in [0, 0.1) is 0 Å². The van der Waals surface area contributed by atoms with Crippen LogP contribution in [0.15, 0.2) is 97.2 Å². The highest BCUT2D eigenvalue weighted by molar-refractivity contribution is 5.94. The Balaban J connectivity index is 0.000000180. The summed E-state index contributed by atoms with van der Waals surface area (Å²) in [5.41, 5.74) is 0.389. The quantitative estimate of drug-likeness (QED) is 0.180. The molecule has 0 radical (unpaired) electrons. The second-order valence-electron chi connectivity index (χ2n) is 12.2. The SMILES string of the molecule is FC(F)(F)c1cccc(-c2ccc3c(n2)NCCO3)c1.O=C(NC1(c2ccccn2)CC1)N1CCOc2ccc(-c3cccc(C(F)(F)F)c3)nc21. The maximum Gasteiger partial charge on any atom is 0.416 e. The Kier molecular flexibility index (Phi) is 9.11. The first kappa shape index (κ1) is 34.6. The first-order valence-corrected chi connectivity index (χ1v) is 16.3. The maximum absolute atomic E-state index is 13.2. The van der Waals surface area contributed by atoms with E-state index >= 15 is 0 Å². The highest BCUT2D eigenvalue weighted by Gasteiger charge is 2.48. The fourth-order valence-electron chi connectivity index (χ4n) is 5.83. The molecule has 52 heavy (non-hydrogen) atoms. The number of nitrogens with zero attached hydrogens (tertiary/aromatic N) is 4. The minimum atomic E-state index is -4.46. The number of nitrogens with one attached hydrogen (secondary N) is 2. The van der Waals surface area contributed by atoms with E-state index in [4.69, 9.17) is 9.47 Å². The molecular formula is C37H30F6N6O3. The van der Waals surface area contributed by atoms with Crippen LogP contribution in [0.3, 0.4) is 0 Å². The molecule has 2 aromatic carbocycles. The Bertz CT molecular complexity index is 2090. The van der Waals surface area contributed by atoms with Crippen molar-refractivity contribution in [2.24, 2.45) is 0 Å². The molecule has 2 amide bonds. The van der Waals surface area contributed by atoms with Gasteiger partial charge in [-0.1, -0.05) is 30.3 Å². The summed E-state index contributed by atoms with van der Waals surface area (Å²) in [6.07, 6.45) is -5.56. The fraction of sp³-hybridized carbons (Fsp3) is 0.243. The summed E-state index contributed by atoms with van der Waals surface area (Å²) in [5, 5.41) is 6.12. The third kappa shape index (κ3) is 7.43. The molecule has 9 nitrogen and oxygen atoms in total. The minimum absolute atomic E-state index is 0.274.